The third-order valence-electron chi connectivity index (χ3n) is 2.92. The van der Waals surface area contributed by atoms with E-state index >= 15 is 0 Å². The summed E-state index contributed by atoms with van der Waals surface area (Å²) in [5.74, 6) is 0.222. The molecular formula is C18H14Cl2O4. The number of carbonyl (C=O) groups is 2. The van der Waals surface area contributed by atoms with Gasteiger partial charge in [-0.1, -0.05) is 23.2 Å². The second kappa shape index (κ2) is 8.52. The van der Waals surface area contributed by atoms with Crippen molar-refractivity contribution in [1.82, 2.24) is 0 Å². The van der Waals surface area contributed by atoms with Gasteiger partial charge in [0.15, 0.2) is 5.78 Å². The van der Waals surface area contributed by atoms with Crippen molar-refractivity contribution in [1.29, 1.82) is 0 Å². The summed E-state index contributed by atoms with van der Waals surface area (Å²) in [6.45, 7) is 1.96. The Balaban J connectivity index is 2.03. The first kappa shape index (κ1) is 18.0. The lowest BCUT2D eigenvalue weighted by atomic mass is 10.1. The molecule has 0 unspecified atom stereocenters. The normalized spacial score (nSPS) is 10.6. The summed E-state index contributed by atoms with van der Waals surface area (Å²) in [7, 11) is 0. The maximum absolute atomic E-state index is 11.9. The van der Waals surface area contributed by atoms with Gasteiger partial charge in [0.05, 0.1) is 16.7 Å². The summed E-state index contributed by atoms with van der Waals surface area (Å²) in [6.07, 6.45) is 2.28. The number of esters is 1. The monoisotopic (exact) mass is 364 g/mol. The van der Waals surface area contributed by atoms with Gasteiger partial charge in [0.25, 0.3) is 0 Å². The van der Waals surface area contributed by atoms with Gasteiger partial charge in [-0.3, -0.25) is 4.79 Å². The molecule has 124 valence electrons. The molecular weight excluding hydrogens is 351 g/mol. The fraction of sp³-hybridized carbons (Fsp3) is 0.111. The third-order valence-corrected chi connectivity index (χ3v) is 3.66. The largest absolute Gasteiger partial charge is 0.463 e. The molecule has 0 aliphatic heterocycles. The molecule has 0 bridgehead atoms. The van der Waals surface area contributed by atoms with Crippen LogP contribution in [0.2, 0.25) is 10.0 Å². The Morgan fingerprint density at radius 3 is 2.25 bits per heavy atom. The Labute approximate surface area is 149 Å². The Bertz CT molecular complexity index is 767. The van der Waals surface area contributed by atoms with Gasteiger partial charge in [-0.15, -0.1) is 0 Å². The van der Waals surface area contributed by atoms with Crippen LogP contribution in [0.25, 0.3) is 0 Å². The Hall–Kier alpha value is -2.30. The summed E-state index contributed by atoms with van der Waals surface area (Å²) in [4.78, 5) is 23.1. The minimum Gasteiger partial charge on any atom is -0.463 e. The van der Waals surface area contributed by atoms with Gasteiger partial charge in [0.1, 0.15) is 11.5 Å². The van der Waals surface area contributed by atoms with E-state index in [1.807, 2.05) is 0 Å². The number of benzene rings is 2. The highest BCUT2D eigenvalue weighted by molar-refractivity contribution is 6.42. The lowest BCUT2D eigenvalue weighted by Gasteiger charge is -2.07. The molecule has 2 aromatic carbocycles. The zero-order chi connectivity index (χ0) is 17.5. The molecule has 0 fully saturated rings. The molecule has 24 heavy (non-hydrogen) atoms. The van der Waals surface area contributed by atoms with Crippen molar-refractivity contribution < 1.29 is 19.1 Å². The van der Waals surface area contributed by atoms with Crippen molar-refractivity contribution in [3.63, 3.8) is 0 Å². The topological polar surface area (TPSA) is 52.6 Å². The van der Waals surface area contributed by atoms with E-state index in [0.717, 1.165) is 6.08 Å². The summed E-state index contributed by atoms with van der Waals surface area (Å²) >= 11 is 11.8. The molecule has 0 saturated heterocycles. The minimum absolute atomic E-state index is 0.262. The molecule has 6 heteroatoms. The van der Waals surface area contributed by atoms with Gasteiger partial charge in [0, 0.05) is 17.7 Å². The molecule has 0 amide bonds. The van der Waals surface area contributed by atoms with Crippen LogP contribution in [-0.2, 0) is 9.53 Å². The number of carbonyl (C=O) groups excluding carboxylic acids is 2. The van der Waals surface area contributed by atoms with Crippen molar-refractivity contribution in [3.8, 4) is 11.5 Å². The number of allylic oxidation sites excluding steroid dienone is 1. The molecule has 0 radical (unpaired) electrons. The molecule has 0 aromatic heterocycles. The van der Waals surface area contributed by atoms with Crippen molar-refractivity contribution in [2.75, 3.05) is 6.61 Å². The van der Waals surface area contributed by atoms with E-state index in [0.29, 0.717) is 27.1 Å². The van der Waals surface area contributed by atoms with Crippen molar-refractivity contribution in [3.05, 3.63) is 70.2 Å². The molecule has 2 rings (SSSR count). The van der Waals surface area contributed by atoms with Crippen molar-refractivity contribution >= 4 is 35.0 Å². The molecule has 0 spiro atoms. The smallest absolute Gasteiger partial charge is 0.330 e. The van der Waals surface area contributed by atoms with Crippen LogP contribution >= 0.6 is 23.2 Å². The van der Waals surface area contributed by atoms with Crippen molar-refractivity contribution in [2.24, 2.45) is 0 Å². The zero-order valence-electron chi connectivity index (χ0n) is 12.8. The molecule has 0 atom stereocenters. The number of rotatable bonds is 6. The van der Waals surface area contributed by atoms with Gasteiger partial charge < -0.3 is 9.47 Å². The summed E-state index contributed by atoms with van der Waals surface area (Å²) in [6, 6.07) is 11.4. The number of ketones is 1. The first-order valence-electron chi connectivity index (χ1n) is 7.11. The molecule has 0 heterocycles. The molecule has 0 aliphatic rings. The second-order valence-electron chi connectivity index (χ2n) is 4.65. The fourth-order valence-corrected chi connectivity index (χ4v) is 2.08. The van der Waals surface area contributed by atoms with Gasteiger partial charge in [0.2, 0.25) is 0 Å². The average molecular weight is 365 g/mol. The van der Waals surface area contributed by atoms with E-state index < -0.39 is 5.97 Å². The number of halogens is 2. The van der Waals surface area contributed by atoms with E-state index in [1.54, 1.807) is 49.4 Å². The molecule has 0 N–H and O–H groups in total. The summed E-state index contributed by atoms with van der Waals surface area (Å²) < 4.78 is 10.3. The maximum atomic E-state index is 11.9. The van der Waals surface area contributed by atoms with Gasteiger partial charge in [-0.25, -0.2) is 4.79 Å². The van der Waals surface area contributed by atoms with Crippen LogP contribution in [0.4, 0.5) is 0 Å². The third kappa shape index (κ3) is 5.11. The van der Waals surface area contributed by atoms with E-state index in [9.17, 15) is 9.59 Å². The van der Waals surface area contributed by atoms with Crippen LogP contribution < -0.4 is 4.74 Å². The highest BCUT2D eigenvalue weighted by Crippen LogP contribution is 2.29. The fourth-order valence-electron chi connectivity index (χ4n) is 1.79. The van der Waals surface area contributed by atoms with Crippen LogP contribution in [0.1, 0.15) is 17.3 Å². The van der Waals surface area contributed by atoms with Crippen LogP contribution in [0.15, 0.2) is 54.6 Å². The summed E-state index contributed by atoms with van der Waals surface area (Å²) in [5.41, 5.74) is 0.428. The minimum atomic E-state index is -0.551. The van der Waals surface area contributed by atoms with E-state index in [4.69, 9.17) is 32.7 Å². The standard InChI is InChI=1S/C18H14Cl2O4/c1-2-23-18(22)10-9-17(21)12-3-5-13(6-4-12)24-14-7-8-15(19)16(20)11-14/h3-11H,2H2,1H3. The van der Waals surface area contributed by atoms with Crippen LogP contribution in [-0.4, -0.2) is 18.4 Å². The quantitative estimate of drug-likeness (QED) is 0.407. The number of hydrogen-bond acceptors (Lipinski definition) is 4. The predicted octanol–water partition coefficient (Wildman–Crippen LogP) is 5.09. The average Bonchev–Trinajstić information content (AvgIpc) is 2.57. The lowest BCUT2D eigenvalue weighted by molar-refractivity contribution is -0.137. The number of ether oxygens (including phenoxy) is 2. The lowest BCUT2D eigenvalue weighted by Crippen LogP contribution is -2.01. The van der Waals surface area contributed by atoms with Gasteiger partial charge in [-0.05, 0) is 49.4 Å². The Kier molecular flexibility index (Phi) is 6.41. The molecule has 0 saturated carbocycles. The second-order valence-corrected chi connectivity index (χ2v) is 5.47. The van der Waals surface area contributed by atoms with E-state index in [1.165, 1.54) is 6.08 Å². The molecule has 2 aromatic rings. The Morgan fingerprint density at radius 1 is 0.958 bits per heavy atom. The van der Waals surface area contributed by atoms with Crippen LogP contribution in [0, 0.1) is 0 Å². The summed E-state index contributed by atoms with van der Waals surface area (Å²) in [5, 5.41) is 0.836. The van der Waals surface area contributed by atoms with Crippen LogP contribution in [0.5, 0.6) is 11.5 Å². The predicted molar refractivity (Wildman–Crippen MR) is 93.1 cm³/mol. The van der Waals surface area contributed by atoms with Crippen LogP contribution in [0.3, 0.4) is 0 Å². The van der Waals surface area contributed by atoms with E-state index in [-0.39, 0.29) is 12.4 Å². The first-order valence-corrected chi connectivity index (χ1v) is 7.87. The highest BCUT2D eigenvalue weighted by Gasteiger charge is 2.05. The molecule has 0 aliphatic carbocycles. The zero-order valence-corrected chi connectivity index (χ0v) is 14.3. The molecule has 4 nitrogen and oxygen atoms in total. The van der Waals surface area contributed by atoms with Gasteiger partial charge >= 0.3 is 5.97 Å². The van der Waals surface area contributed by atoms with E-state index in [2.05, 4.69) is 0 Å². The first-order chi connectivity index (χ1) is 11.5. The SMILES string of the molecule is CCOC(=O)C=CC(=O)c1ccc(Oc2ccc(Cl)c(Cl)c2)cc1. The van der Waals surface area contributed by atoms with Gasteiger partial charge in [-0.2, -0.15) is 0 Å². The highest BCUT2D eigenvalue weighted by atomic mass is 35.5. The maximum Gasteiger partial charge on any atom is 0.330 e. The Morgan fingerprint density at radius 2 is 1.62 bits per heavy atom. The van der Waals surface area contributed by atoms with Crippen molar-refractivity contribution in [2.45, 2.75) is 6.92 Å². The number of hydrogen-bond donors (Lipinski definition) is 0.